The van der Waals surface area contributed by atoms with Gasteiger partial charge in [-0.2, -0.15) is 5.10 Å². The number of aromatic nitrogens is 2. The van der Waals surface area contributed by atoms with Crippen molar-refractivity contribution in [2.24, 2.45) is 7.05 Å². The summed E-state index contributed by atoms with van der Waals surface area (Å²) in [4.78, 5) is 0. The molecule has 0 radical (unpaired) electrons. The molecule has 0 saturated heterocycles. The molecule has 0 fully saturated rings. The van der Waals surface area contributed by atoms with Crippen molar-refractivity contribution in [3.8, 4) is 0 Å². The van der Waals surface area contributed by atoms with Crippen LogP contribution in [-0.2, 0) is 19.9 Å². The lowest BCUT2D eigenvalue weighted by atomic mass is 9.97. The third-order valence-electron chi connectivity index (χ3n) is 2.48. The third kappa shape index (κ3) is 1.00. The number of fused-ring (bicyclic) bond motifs is 1. The largest absolute Gasteiger partial charge is 0.371 e. The second kappa shape index (κ2) is 2.81. The first-order valence-electron chi connectivity index (χ1n) is 5.80. The van der Waals surface area contributed by atoms with Gasteiger partial charge in [0.2, 0.25) is 0 Å². The predicted octanol–water partition coefficient (Wildman–Crippen LogP) is 1.34. The minimum Gasteiger partial charge on any atom is -0.371 e. The summed E-state index contributed by atoms with van der Waals surface area (Å²) in [6, 6.07) is 0. The Morgan fingerprint density at radius 1 is 1.50 bits per heavy atom. The number of nitrogens with one attached hydrogen (secondary N) is 1. The van der Waals surface area contributed by atoms with Crippen LogP contribution in [-0.4, -0.2) is 16.8 Å². The van der Waals surface area contributed by atoms with Crippen molar-refractivity contribution >= 4 is 5.82 Å². The second-order valence-electron chi connectivity index (χ2n) is 3.23. The number of rotatable bonds is 1. The third-order valence-corrected chi connectivity index (χ3v) is 2.48. The van der Waals surface area contributed by atoms with Gasteiger partial charge in [-0.05, 0) is 25.7 Å². The molecule has 12 heavy (non-hydrogen) atoms. The Kier molecular flexibility index (Phi) is 1.15. The van der Waals surface area contributed by atoms with Gasteiger partial charge in [0, 0.05) is 29.4 Å². The molecule has 0 spiro atoms. The molecule has 0 unspecified atom stereocenters. The van der Waals surface area contributed by atoms with Crippen LogP contribution in [0.4, 0.5) is 5.82 Å². The maximum absolute atomic E-state index is 7.17. The zero-order valence-corrected chi connectivity index (χ0v) is 7.22. The fourth-order valence-electron chi connectivity index (χ4n) is 1.87. The Hall–Kier alpha value is -0.990. The van der Waals surface area contributed by atoms with Gasteiger partial charge in [0.1, 0.15) is 0 Å². The molecule has 0 aromatic carbocycles. The van der Waals surface area contributed by atoms with Gasteiger partial charge in [-0.3, -0.25) is 4.68 Å². The van der Waals surface area contributed by atoms with E-state index in [1.165, 1.54) is 12.1 Å². The van der Waals surface area contributed by atoms with E-state index >= 15 is 0 Å². The standard InChI is InChI=1S/C9H15N3/c1-10-9-7-5-3-4-6-8(7)12(2)11-9/h3-6H2,1-2H3,(H,10,11)/i1D3. The van der Waals surface area contributed by atoms with E-state index in [1.54, 1.807) is 4.68 Å². The summed E-state index contributed by atoms with van der Waals surface area (Å²) in [5.41, 5.74) is 2.26. The Morgan fingerprint density at radius 2 is 2.33 bits per heavy atom. The van der Waals surface area contributed by atoms with Crippen LogP contribution in [0.25, 0.3) is 0 Å². The number of nitrogens with zero attached hydrogens (tertiary/aromatic N) is 2. The van der Waals surface area contributed by atoms with E-state index in [9.17, 15) is 0 Å². The molecule has 0 atom stereocenters. The molecule has 1 aliphatic carbocycles. The SMILES string of the molecule is [2H]C([2H])([2H])Nc1nn(C)c2c1CCCC2. The molecular weight excluding hydrogens is 150 g/mol. The Morgan fingerprint density at radius 3 is 3.17 bits per heavy atom. The minimum absolute atomic E-state index is 0.534. The Balaban J connectivity index is 2.32. The minimum atomic E-state index is -2.15. The molecule has 1 aliphatic rings. The van der Waals surface area contributed by atoms with Gasteiger partial charge in [-0.1, -0.05) is 0 Å². The molecule has 0 aliphatic heterocycles. The smallest absolute Gasteiger partial charge is 0.151 e. The van der Waals surface area contributed by atoms with Crippen LogP contribution >= 0.6 is 0 Å². The molecule has 0 amide bonds. The monoisotopic (exact) mass is 168 g/mol. The normalized spacial score (nSPS) is 20.6. The maximum Gasteiger partial charge on any atom is 0.151 e. The summed E-state index contributed by atoms with van der Waals surface area (Å²) in [6.07, 6.45) is 4.22. The number of hydrogen-bond acceptors (Lipinski definition) is 2. The molecule has 2 rings (SSSR count). The van der Waals surface area contributed by atoms with Gasteiger partial charge in [0.05, 0.1) is 0 Å². The fourth-order valence-corrected chi connectivity index (χ4v) is 1.87. The first kappa shape index (κ1) is 4.90. The molecular formula is C9H15N3. The van der Waals surface area contributed by atoms with Gasteiger partial charge in [-0.15, -0.1) is 0 Å². The van der Waals surface area contributed by atoms with Crippen molar-refractivity contribution < 1.29 is 4.11 Å². The fraction of sp³-hybridized carbons (Fsp3) is 0.667. The number of anilines is 1. The van der Waals surface area contributed by atoms with Crippen molar-refractivity contribution in [2.45, 2.75) is 25.7 Å². The lowest BCUT2D eigenvalue weighted by Gasteiger charge is -2.11. The lowest BCUT2D eigenvalue weighted by molar-refractivity contribution is 0.626. The molecule has 1 heterocycles. The summed E-state index contributed by atoms with van der Waals surface area (Å²) in [5, 5.41) is 6.72. The molecule has 0 saturated carbocycles. The molecule has 3 heteroatoms. The van der Waals surface area contributed by atoms with E-state index in [0.29, 0.717) is 5.82 Å². The Bertz CT molecular complexity index is 367. The lowest BCUT2D eigenvalue weighted by Crippen LogP contribution is -2.05. The molecule has 0 bridgehead atoms. The first-order valence-corrected chi connectivity index (χ1v) is 4.30. The highest BCUT2D eigenvalue weighted by Gasteiger charge is 2.17. The Labute approximate surface area is 77.0 Å². The first-order chi connectivity index (χ1) is 6.97. The van der Waals surface area contributed by atoms with Gasteiger partial charge in [0.15, 0.2) is 5.82 Å². The van der Waals surface area contributed by atoms with Crippen molar-refractivity contribution in [1.82, 2.24) is 9.78 Å². The summed E-state index contributed by atoms with van der Waals surface area (Å²) in [5.74, 6) is 0.534. The molecule has 1 aromatic heterocycles. The topological polar surface area (TPSA) is 29.9 Å². The summed E-state index contributed by atoms with van der Waals surface area (Å²) in [7, 11) is 1.87. The molecule has 66 valence electrons. The molecule has 1 aromatic rings. The van der Waals surface area contributed by atoms with Crippen LogP contribution in [0.2, 0.25) is 0 Å². The maximum atomic E-state index is 7.17. The second-order valence-corrected chi connectivity index (χ2v) is 3.23. The molecule has 3 nitrogen and oxygen atoms in total. The average Bonchev–Trinajstić information content (AvgIpc) is 2.42. The van der Waals surface area contributed by atoms with E-state index in [-0.39, 0.29) is 0 Å². The van der Waals surface area contributed by atoms with Crippen LogP contribution in [0.1, 0.15) is 28.2 Å². The van der Waals surface area contributed by atoms with Crippen LogP contribution < -0.4 is 5.32 Å². The summed E-state index contributed by atoms with van der Waals surface area (Å²) >= 11 is 0. The van der Waals surface area contributed by atoms with Gasteiger partial charge >= 0.3 is 0 Å². The van der Waals surface area contributed by atoms with Crippen molar-refractivity contribution in [3.05, 3.63) is 11.3 Å². The van der Waals surface area contributed by atoms with Crippen molar-refractivity contribution in [2.75, 3.05) is 12.3 Å². The highest BCUT2D eigenvalue weighted by Crippen LogP contribution is 2.26. The van der Waals surface area contributed by atoms with E-state index in [4.69, 9.17) is 4.11 Å². The van der Waals surface area contributed by atoms with E-state index < -0.39 is 6.98 Å². The van der Waals surface area contributed by atoms with E-state index in [0.717, 1.165) is 24.8 Å². The van der Waals surface area contributed by atoms with Crippen LogP contribution in [0.15, 0.2) is 0 Å². The van der Waals surface area contributed by atoms with Crippen LogP contribution in [0.5, 0.6) is 0 Å². The van der Waals surface area contributed by atoms with Gasteiger partial charge < -0.3 is 5.32 Å². The van der Waals surface area contributed by atoms with Crippen molar-refractivity contribution in [3.63, 3.8) is 0 Å². The van der Waals surface area contributed by atoms with Gasteiger partial charge in [-0.25, -0.2) is 0 Å². The summed E-state index contributed by atoms with van der Waals surface area (Å²) in [6.45, 7) is -2.15. The highest BCUT2D eigenvalue weighted by molar-refractivity contribution is 5.47. The predicted molar refractivity (Wildman–Crippen MR) is 49.4 cm³/mol. The highest BCUT2D eigenvalue weighted by atomic mass is 15.3. The average molecular weight is 168 g/mol. The van der Waals surface area contributed by atoms with Crippen LogP contribution in [0, 0.1) is 0 Å². The van der Waals surface area contributed by atoms with E-state index in [1.807, 2.05) is 7.05 Å². The zero-order chi connectivity index (χ0) is 11.1. The van der Waals surface area contributed by atoms with E-state index in [2.05, 4.69) is 10.4 Å². The van der Waals surface area contributed by atoms with Gasteiger partial charge in [0.25, 0.3) is 0 Å². The quantitative estimate of drug-likeness (QED) is 0.686. The number of hydrogen-bond donors (Lipinski definition) is 1. The summed E-state index contributed by atoms with van der Waals surface area (Å²) < 4.78 is 23.3. The van der Waals surface area contributed by atoms with Crippen molar-refractivity contribution in [1.29, 1.82) is 0 Å². The molecule has 1 N–H and O–H groups in total. The number of aryl methyl sites for hydroxylation is 1. The zero-order valence-electron chi connectivity index (χ0n) is 10.2. The van der Waals surface area contributed by atoms with Crippen LogP contribution in [0.3, 0.4) is 0 Å².